The Morgan fingerprint density at radius 2 is 1.95 bits per heavy atom. The molecule has 0 amide bonds. The summed E-state index contributed by atoms with van der Waals surface area (Å²) in [5.74, 6) is 1.25. The molecule has 0 aromatic heterocycles. The van der Waals surface area contributed by atoms with Crippen molar-refractivity contribution in [1.82, 2.24) is 0 Å². The Labute approximate surface area is 133 Å². The Hall–Kier alpha value is -0.930. The fraction of sp³-hybridized carbons (Fsp3) is 0.833. The van der Waals surface area contributed by atoms with E-state index in [1.54, 1.807) is 13.2 Å². The summed E-state index contributed by atoms with van der Waals surface area (Å²) in [4.78, 5) is 12.1. The van der Waals surface area contributed by atoms with Gasteiger partial charge >= 0.3 is 0 Å². The SMILES string of the molecule is CCC(CC/C(=C/C(=O)CC1CCCCC1)OC)CC(F)F. The number of carbonyl (C=O) groups is 1. The lowest BCUT2D eigenvalue weighted by Gasteiger charge is -2.20. The van der Waals surface area contributed by atoms with Crippen LogP contribution in [0.25, 0.3) is 0 Å². The predicted molar refractivity (Wildman–Crippen MR) is 84.9 cm³/mol. The predicted octanol–water partition coefficient (Wildman–Crippen LogP) is 5.52. The molecule has 1 unspecified atom stereocenters. The standard InChI is InChI=1S/C18H30F2O2/c1-3-14(12-18(19)20)9-10-17(22-2)13-16(21)11-15-7-5-4-6-8-15/h13-15,18H,3-12H2,1-2H3/b17-13-. The fourth-order valence-corrected chi connectivity index (χ4v) is 3.23. The molecule has 0 saturated heterocycles. The van der Waals surface area contributed by atoms with E-state index in [9.17, 15) is 13.6 Å². The number of ether oxygens (including phenoxy) is 1. The average Bonchev–Trinajstić information content (AvgIpc) is 2.50. The van der Waals surface area contributed by atoms with Crippen LogP contribution >= 0.6 is 0 Å². The minimum absolute atomic E-state index is 0.00741. The van der Waals surface area contributed by atoms with Crippen LogP contribution in [-0.2, 0) is 9.53 Å². The van der Waals surface area contributed by atoms with E-state index >= 15 is 0 Å². The number of allylic oxidation sites excluding steroid dienone is 2. The number of halogens is 2. The van der Waals surface area contributed by atoms with Crippen molar-refractivity contribution in [1.29, 1.82) is 0 Å². The third kappa shape index (κ3) is 7.90. The number of hydrogen-bond donors (Lipinski definition) is 0. The van der Waals surface area contributed by atoms with E-state index in [0.717, 1.165) is 19.3 Å². The minimum Gasteiger partial charge on any atom is -0.501 e. The topological polar surface area (TPSA) is 26.3 Å². The number of alkyl halides is 2. The van der Waals surface area contributed by atoms with Gasteiger partial charge in [-0.1, -0.05) is 45.4 Å². The van der Waals surface area contributed by atoms with Crippen molar-refractivity contribution < 1.29 is 18.3 Å². The third-order valence-corrected chi connectivity index (χ3v) is 4.69. The Bertz CT molecular complexity index is 347. The van der Waals surface area contributed by atoms with Crippen LogP contribution in [-0.4, -0.2) is 19.3 Å². The molecular formula is C18H30F2O2. The molecule has 0 aromatic carbocycles. The van der Waals surface area contributed by atoms with Crippen molar-refractivity contribution in [2.24, 2.45) is 11.8 Å². The van der Waals surface area contributed by atoms with Crippen LogP contribution in [0.4, 0.5) is 8.78 Å². The van der Waals surface area contributed by atoms with E-state index in [1.165, 1.54) is 19.3 Å². The van der Waals surface area contributed by atoms with E-state index in [2.05, 4.69) is 0 Å². The van der Waals surface area contributed by atoms with Gasteiger partial charge in [0.05, 0.1) is 12.9 Å². The van der Waals surface area contributed by atoms with Crippen LogP contribution in [0.5, 0.6) is 0 Å². The van der Waals surface area contributed by atoms with Gasteiger partial charge in [0.2, 0.25) is 6.43 Å². The molecule has 4 heteroatoms. The third-order valence-electron chi connectivity index (χ3n) is 4.69. The molecule has 2 nitrogen and oxygen atoms in total. The second-order valence-corrected chi connectivity index (χ2v) is 6.43. The number of carbonyl (C=O) groups excluding carboxylic acids is 1. The van der Waals surface area contributed by atoms with Crippen LogP contribution in [0.1, 0.15) is 71.1 Å². The number of hydrogen-bond acceptors (Lipinski definition) is 2. The van der Waals surface area contributed by atoms with Gasteiger partial charge < -0.3 is 4.74 Å². The zero-order chi connectivity index (χ0) is 16.4. The number of ketones is 1. The fourth-order valence-electron chi connectivity index (χ4n) is 3.23. The lowest BCUT2D eigenvalue weighted by atomic mass is 9.85. The monoisotopic (exact) mass is 316 g/mol. The Morgan fingerprint density at radius 1 is 1.27 bits per heavy atom. The highest BCUT2D eigenvalue weighted by molar-refractivity contribution is 5.90. The molecule has 0 aliphatic heterocycles. The van der Waals surface area contributed by atoms with Crippen molar-refractivity contribution in [3.63, 3.8) is 0 Å². The highest BCUT2D eigenvalue weighted by Crippen LogP contribution is 2.27. The van der Waals surface area contributed by atoms with Crippen molar-refractivity contribution in [2.45, 2.75) is 77.6 Å². The van der Waals surface area contributed by atoms with Crippen LogP contribution in [0.3, 0.4) is 0 Å². The molecule has 0 bridgehead atoms. The van der Waals surface area contributed by atoms with E-state index in [1.807, 2.05) is 6.92 Å². The van der Waals surface area contributed by atoms with Gasteiger partial charge in [-0.2, -0.15) is 0 Å². The minimum atomic E-state index is -2.26. The van der Waals surface area contributed by atoms with Crippen molar-refractivity contribution in [2.75, 3.05) is 7.11 Å². The molecule has 0 heterocycles. The van der Waals surface area contributed by atoms with Gasteiger partial charge in [0.25, 0.3) is 0 Å². The quantitative estimate of drug-likeness (QED) is 0.392. The van der Waals surface area contributed by atoms with Crippen LogP contribution < -0.4 is 0 Å². The molecule has 1 saturated carbocycles. The average molecular weight is 316 g/mol. The highest BCUT2D eigenvalue weighted by atomic mass is 19.3. The number of rotatable bonds is 10. The van der Waals surface area contributed by atoms with Crippen molar-refractivity contribution in [3.8, 4) is 0 Å². The zero-order valence-corrected chi connectivity index (χ0v) is 14.0. The molecule has 1 rings (SSSR count). The molecule has 128 valence electrons. The summed E-state index contributed by atoms with van der Waals surface area (Å²) < 4.78 is 30.2. The van der Waals surface area contributed by atoms with E-state index in [0.29, 0.717) is 30.9 Å². The molecule has 1 aliphatic rings. The van der Waals surface area contributed by atoms with Gasteiger partial charge in [-0.3, -0.25) is 4.79 Å². The molecule has 1 aliphatic carbocycles. The molecule has 0 spiro atoms. The maximum atomic E-state index is 12.4. The summed E-state index contributed by atoms with van der Waals surface area (Å²) in [6.07, 6.45) is 7.85. The Kier molecular flexibility index (Phi) is 9.33. The molecular weight excluding hydrogens is 286 g/mol. The molecule has 0 radical (unpaired) electrons. The summed E-state index contributed by atoms with van der Waals surface area (Å²) in [6, 6.07) is 0. The van der Waals surface area contributed by atoms with Crippen LogP contribution in [0, 0.1) is 11.8 Å². The van der Waals surface area contributed by atoms with E-state index < -0.39 is 6.43 Å². The lowest BCUT2D eigenvalue weighted by molar-refractivity contribution is -0.115. The normalized spacial score (nSPS) is 18.5. The van der Waals surface area contributed by atoms with E-state index in [-0.39, 0.29) is 18.1 Å². The second-order valence-electron chi connectivity index (χ2n) is 6.43. The van der Waals surface area contributed by atoms with Gasteiger partial charge in [-0.05, 0) is 18.3 Å². The van der Waals surface area contributed by atoms with Crippen molar-refractivity contribution in [3.05, 3.63) is 11.8 Å². The summed E-state index contributed by atoms with van der Waals surface area (Å²) in [6.45, 7) is 1.93. The molecule has 0 N–H and O–H groups in total. The summed E-state index contributed by atoms with van der Waals surface area (Å²) >= 11 is 0. The van der Waals surface area contributed by atoms with Gasteiger partial charge in [0.1, 0.15) is 0 Å². The molecule has 1 atom stereocenters. The van der Waals surface area contributed by atoms with Gasteiger partial charge in [-0.15, -0.1) is 0 Å². The summed E-state index contributed by atoms with van der Waals surface area (Å²) in [5, 5.41) is 0. The first-order valence-corrected chi connectivity index (χ1v) is 8.60. The largest absolute Gasteiger partial charge is 0.501 e. The van der Waals surface area contributed by atoms with Gasteiger partial charge in [-0.25, -0.2) is 8.78 Å². The maximum absolute atomic E-state index is 12.4. The summed E-state index contributed by atoms with van der Waals surface area (Å²) in [7, 11) is 1.55. The smallest absolute Gasteiger partial charge is 0.238 e. The Morgan fingerprint density at radius 3 is 2.50 bits per heavy atom. The molecule has 1 fully saturated rings. The first-order chi connectivity index (χ1) is 10.5. The first kappa shape index (κ1) is 19.1. The molecule has 22 heavy (non-hydrogen) atoms. The van der Waals surface area contributed by atoms with Crippen LogP contribution in [0.2, 0.25) is 0 Å². The van der Waals surface area contributed by atoms with Crippen molar-refractivity contribution >= 4 is 5.78 Å². The second kappa shape index (κ2) is 10.7. The van der Waals surface area contributed by atoms with Crippen LogP contribution in [0.15, 0.2) is 11.8 Å². The zero-order valence-electron chi connectivity index (χ0n) is 14.0. The van der Waals surface area contributed by atoms with Gasteiger partial charge in [0, 0.05) is 25.3 Å². The lowest BCUT2D eigenvalue weighted by Crippen LogP contribution is -2.11. The van der Waals surface area contributed by atoms with Gasteiger partial charge in [0.15, 0.2) is 5.78 Å². The maximum Gasteiger partial charge on any atom is 0.238 e. The summed E-state index contributed by atoms with van der Waals surface area (Å²) in [5.41, 5.74) is 0. The molecule has 0 aromatic rings. The number of methoxy groups -OCH3 is 1. The Balaban J connectivity index is 2.41. The highest BCUT2D eigenvalue weighted by Gasteiger charge is 2.17. The van der Waals surface area contributed by atoms with E-state index in [4.69, 9.17) is 4.74 Å². The first-order valence-electron chi connectivity index (χ1n) is 8.60.